The average Bonchev–Trinajstić information content (AvgIpc) is 2.93. The lowest BCUT2D eigenvalue weighted by Gasteiger charge is -2.22. The Hall–Kier alpha value is -1.86. The molecule has 1 atom stereocenters. The monoisotopic (exact) mass is 347 g/mol. The molecule has 0 aromatic heterocycles. The van der Waals surface area contributed by atoms with Crippen LogP contribution in [0.2, 0.25) is 0 Å². The first-order valence-electron chi connectivity index (χ1n) is 8.18. The Morgan fingerprint density at radius 2 is 2.25 bits per heavy atom. The highest BCUT2D eigenvalue weighted by Gasteiger charge is 2.29. The largest absolute Gasteiger partial charge is 0.352 e. The van der Waals surface area contributed by atoms with Crippen molar-refractivity contribution in [1.29, 1.82) is 0 Å². The number of carbonyl (C=O) groups is 3. The summed E-state index contributed by atoms with van der Waals surface area (Å²) in [4.78, 5) is 36.9. The van der Waals surface area contributed by atoms with Gasteiger partial charge in [-0.15, -0.1) is 0 Å². The second kappa shape index (κ2) is 7.81. The van der Waals surface area contributed by atoms with Gasteiger partial charge in [0.05, 0.1) is 12.3 Å². The molecule has 128 valence electrons. The number of amides is 3. The predicted octanol–water partition coefficient (Wildman–Crippen LogP) is 1.61. The molecule has 2 aliphatic heterocycles. The van der Waals surface area contributed by atoms with Crippen molar-refractivity contribution in [2.75, 3.05) is 25.4 Å². The SMILES string of the molecule is O=C(NCC1CCCNC1)c1cccc(CN2C(=O)CSC2=O)c1. The lowest BCUT2D eigenvalue weighted by Crippen LogP contribution is -2.38. The van der Waals surface area contributed by atoms with Crippen LogP contribution in [0.1, 0.15) is 28.8 Å². The van der Waals surface area contributed by atoms with Gasteiger partial charge in [0, 0.05) is 12.1 Å². The standard InChI is InChI=1S/C17H21N3O3S/c21-15-11-24-17(23)20(15)10-12-3-1-5-14(7-12)16(22)19-9-13-4-2-6-18-8-13/h1,3,5,7,13,18H,2,4,6,8-11H2,(H,19,22). The second-order valence-electron chi connectivity index (χ2n) is 6.16. The zero-order chi connectivity index (χ0) is 16.9. The van der Waals surface area contributed by atoms with Gasteiger partial charge in [-0.1, -0.05) is 23.9 Å². The van der Waals surface area contributed by atoms with Crippen molar-refractivity contribution in [3.63, 3.8) is 0 Å². The summed E-state index contributed by atoms with van der Waals surface area (Å²) in [6.07, 6.45) is 2.27. The second-order valence-corrected chi connectivity index (χ2v) is 7.08. The molecule has 1 aromatic rings. The summed E-state index contributed by atoms with van der Waals surface area (Å²) < 4.78 is 0. The van der Waals surface area contributed by atoms with Gasteiger partial charge in [0.25, 0.3) is 11.1 Å². The molecule has 0 saturated carbocycles. The maximum atomic E-state index is 12.3. The molecule has 2 aliphatic rings. The summed E-state index contributed by atoms with van der Waals surface area (Å²) >= 11 is 1.02. The topological polar surface area (TPSA) is 78.5 Å². The first kappa shape index (κ1) is 17.0. The predicted molar refractivity (Wildman–Crippen MR) is 92.8 cm³/mol. The van der Waals surface area contributed by atoms with Crippen LogP contribution in [0.5, 0.6) is 0 Å². The van der Waals surface area contributed by atoms with E-state index in [0.29, 0.717) is 18.0 Å². The Labute approximate surface area is 145 Å². The van der Waals surface area contributed by atoms with Crippen LogP contribution in [0.15, 0.2) is 24.3 Å². The number of rotatable bonds is 5. The van der Waals surface area contributed by atoms with Gasteiger partial charge in [-0.05, 0) is 49.5 Å². The van der Waals surface area contributed by atoms with E-state index >= 15 is 0 Å². The first-order valence-corrected chi connectivity index (χ1v) is 9.17. The Bertz CT molecular complexity index is 628. The molecule has 6 nitrogen and oxygen atoms in total. The normalized spacial score (nSPS) is 21.2. The van der Waals surface area contributed by atoms with Crippen molar-refractivity contribution in [3.05, 3.63) is 35.4 Å². The van der Waals surface area contributed by atoms with Crippen molar-refractivity contribution in [2.45, 2.75) is 19.4 Å². The average molecular weight is 347 g/mol. The van der Waals surface area contributed by atoms with Gasteiger partial charge < -0.3 is 10.6 Å². The van der Waals surface area contributed by atoms with Gasteiger partial charge in [-0.2, -0.15) is 0 Å². The van der Waals surface area contributed by atoms with Gasteiger partial charge in [0.15, 0.2) is 0 Å². The van der Waals surface area contributed by atoms with Crippen molar-refractivity contribution in [1.82, 2.24) is 15.5 Å². The summed E-state index contributed by atoms with van der Waals surface area (Å²) in [5.74, 6) is 0.386. The molecule has 2 fully saturated rings. The van der Waals surface area contributed by atoms with Crippen LogP contribution < -0.4 is 10.6 Å². The Balaban J connectivity index is 1.58. The van der Waals surface area contributed by atoms with Crippen molar-refractivity contribution < 1.29 is 14.4 Å². The molecule has 0 bridgehead atoms. The number of carbonyl (C=O) groups excluding carboxylic acids is 3. The summed E-state index contributed by atoms with van der Waals surface area (Å²) in [6, 6.07) is 7.11. The van der Waals surface area contributed by atoms with E-state index in [2.05, 4.69) is 10.6 Å². The van der Waals surface area contributed by atoms with E-state index in [-0.39, 0.29) is 29.4 Å². The molecule has 3 amide bonds. The number of nitrogens with one attached hydrogen (secondary N) is 2. The van der Waals surface area contributed by atoms with Gasteiger partial charge >= 0.3 is 0 Å². The minimum absolute atomic E-state index is 0.115. The number of hydrogen-bond donors (Lipinski definition) is 2. The smallest absolute Gasteiger partial charge is 0.289 e. The quantitative estimate of drug-likeness (QED) is 0.846. The highest BCUT2D eigenvalue weighted by atomic mass is 32.2. The lowest BCUT2D eigenvalue weighted by atomic mass is 9.99. The molecule has 2 N–H and O–H groups in total. The van der Waals surface area contributed by atoms with E-state index in [1.54, 1.807) is 18.2 Å². The third kappa shape index (κ3) is 4.15. The fourth-order valence-corrected chi connectivity index (χ4v) is 3.69. The molecule has 2 heterocycles. The van der Waals surface area contributed by atoms with Crippen molar-refractivity contribution in [3.8, 4) is 0 Å². The molecule has 3 rings (SSSR count). The molecule has 0 aliphatic carbocycles. The number of nitrogens with zero attached hydrogens (tertiary/aromatic N) is 1. The maximum absolute atomic E-state index is 12.3. The zero-order valence-corrected chi connectivity index (χ0v) is 14.2. The summed E-state index contributed by atoms with van der Waals surface area (Å²) in [6.45, 7) is 2.88. The zero-order valence-electron chi connectivity index (χ0n) is 13.4. The van der Waals surface area contributed by atoms with Crippen LogP contribution in [0.25, 0.3) is 0 Å². The van der Waals surface area contributed by atoms with E-state index in [0.717, 1.165) is 43.3 Å². The van der Waals surface area contributed by atoms with Crippen molar-refractivity contribution >= 4 is 28.8 Å². The third-order valence-corrected chi connectivity index (χ3v) is 5.18. The molecule has 0 radical (unpaired) electrons. The van der Waals surface area contributed by atoms with E-state index < -0.39 is 0 Å². The summed E-state index contributed by atoms with van der Waals surface area (Å²) in [7, 11) is 0. The molecule has 1 aromatic carbocycles. The van der Waals surface area contributed by atoms with Gasteiger partial charge in [0.2, 0.25) is 5.91 Å². The fraction of sp³-hybridized carbons (Fsp3) is 0.471. The number of piperidine rings is 1. The summed E-state index contributed by atoms with van der Waals surface area (Å²) in [5.41, 5.74) is 1.34. The molecule has 0 spiro atoms. The molecular formula is C17H21N3O3S. The molecule has 1 unspecified atom stereocenters. The van der Waals surface area contributed by atoms with Gasteiger partial charge in [-0.25, -0.2) is 0 Å². The van der Waals surface area contributed by atoms with Crippen LogP contribution in [0, 0.1) is 5.92 Å². The number of imide groups is 1. The molecule has 24 heavy (non-hydrogen) atoms. The van der Waals surface area contributed by atoms with Gasteiger partial charge in [-0.3, -0.25) is 19.3 Å². The van der Waals surface area contributed by atoms with E-state index in [1.807, 2.05) is 6.07 Å². The van der Waals surface area contributed by atoms with Crippen LogP contribution >= 0.6 is 11.8 Å². The molecule has 2 saturated heterocycles. The van der Waals surface area contributed by atoms with Crippen LogP contribution in [-0.2, 0) is 11.3 Å². The minimum Gasteiger partial charge on any atom is -0.352 e. The van der Waals surface area contributed by atoms with Gasteiger partial charge in [0.1, 0.15) is 0 Å². The first-order chi connectivity index (χ1) is 11.6. The van der Waals surface area contributed by atoms with Crippen molar-refractivity contribution in [2.24, 2.45) is 5.92 Å². The Kier molecular flexibility index (Phi) is 5.52. The van der Waals surface area contributed by atoms with Crippen LogP contribution in [0.3, 0.4) is 0 Å². The number of hydrogen-bond acceptors (Lipinski definition) is 5. The van der Waals surface area contributed by atoms with E-state index in [1.165, 1.54) is 4.90 Å². The maximum Gasteiger partial charge on any atom is 0.289 e. The third-order valence-electron chi connectivity index (χ3n) is 4.32. The summed E-state index contributed by atoms with van der Waals surface area (Å²) in [5, 5.41) is 6.09. The Morgan fingerprint density at radius 1 is 1.38 bits per heavy atom. The van der Waals surface area contributed by atoms with E-state index in [9.17, 15) is 14.4 Å². The minimum atomic E-state index is -0.223. The molecule has 7 heteroatoms. The highest BCUT2D eigenvalue weighted by molar-refractivity contribution is 8.14. The fourth-order valence-electron chi connectivity index (χ4n) is 2.96. The van der Waals surface area contributed by atoms with E-state index in [4.69, 9.17) is 0 Å². The van der Waals surface area contributed by atoms with Crippen LogP contribution in [-0.4, -0.2) is 47.3 Å². The highest BCUT2D eigenvalue weighted by Crippen LogP contribution is 2.21. The Morgan fingerprint density at radius 3 is 2.96 bits per heavy atom. The molecular weight excluding hydrogens is 326 g/mol. The lowest BCUT2D eigenvalue weighted by molar-refractivity contribution is -0.125. The number of benzene rings is 1. The van der Waals surface area contributed by atoms with Crippen LogP contribution in [0.4, 0.5) is 4.79 Å². The number of thioether (sulfide) groups is 1.